The van der Waals surface area contributed by atoms with E-state index in [1.165, 1.54) is 6.20 Å². The Morgan fingerprint density at radius 3 is 2.72 bits per heavy atom. The molecule has 0 spiro atoms. The number of hydrogen-bond acceptors (Lipinski definition) is 4. The fraction of sp³-hybridized carbons (Fsp3) is 0.294. The van der Waals surface area contributed by atoms with Gasteiger partial charge in [0.05, 0.1) is 10.2 Å². The van der Waals surface area contributed by atoms with E-state index in [1.807, 2.05) is 6.07 Å². The normalized spacial score (nSPS) is 12.1. The number of rotatable bonds is 8. The van der Waals surface area contributed by atoms with Gasteiger partial charge in [-0.2, -0.15) is 5.26 Å². The maximum atomic E-state index is 12.4. The zero-order chi connectivity index (χ0) is 19.1. The smallest absolute Gasteiger partial charge is 0.272 e. The van der Waals surface area contributed by atoms with Crippen LogP contribution in [0.2, 0.25) is 0 Å². The summed E-state index contributed by atoms with van der Waals surface area (Å²) in [6.07, 6.45) is 0.410. The molecule has 1 rings (SSSR count). The van der Waals surface area contributed by atoms with Crippen LogP contribution in [0.1, 0.15) is 21.7 Å². The molecule has 1 aromatic heterocycles. The molecule has 0 saturated carbocycles. The zero-order valence-electron chi connectivity index (χ0n) is 14.1. The van der Waals surface area contributed by atoms with Gasteiger partial charge in [-0.1, -0.05) is 6.58 Å². The number of Topliss-reactive ketones (excluding diaryl/α,β-unsaturated/α-hetero) is 1. The number of alkyl halides is 2. The molecule has 0 bridgehead atoms. The number of ether oxygens (including phenoxy) is 1. The Bertz CT molecular complexity index is 758. The molecule has 0 aliphatic rings. The fourth-order valence-electron chi connectivity index (χ4n) is 1.83. The molecule has 0 saturated heterocycles. The summed E-state index contributed by atoms with van der Waals surface area (Å²) in [5.74, 6) is -0.393. The summed E-state index contributed by atoms with van der Waals surface area (Å²) < 4.78 is 29.5. The van der Waals surface area contributed by atoms with Gasteiger partial charge in [0.2, 0.25) is 5.78 Å². The maximum Gasteiger partial charge on any atom is 0.272 e. The average Bonchev–Trinajstić information content (AvgIpc) is 2.90. The largest absolute Gasteiger partial charge is 0.487 e. The van der Waals surface area contributed by atoms with E-state index in [1.54, 1.807) is 38.1 Å². The first-order chi connectivity index (χ1) is 11.6. The summed E-state index contributed by atoms with van der Waals surface area (Å²) in [7, 11) is 3.42. The lowest BCUT2D eigenvalue weighted by atomic mass is 10.1. The molecule has 0 atom stereocenters. The number of aromatic amines is 1. The number of H-pyrrole nitrogens is 1. The lowest BCUT2D eigenvalue weighted by Gasteiger charge is -2.07. The molecule has 0 unspecified atom stereocenters. The molecular weight excluding hydrogens is 396 g/mol. The summed E-state index contributed by atoms with van der Waals surface area (Å²) in [5, 5.41) is 9.12. The van der Waals surface area contributed by atoms with Crippen molar-refractivity contribution in [3.05, 3.63) is 51.6 Å². The molecule has 0 radical (unpaired) electrons. The van der Waals surface area contributed by atoms with Crippen LogP contribution >= 0.6 is 15.9 Å². The minimum absolute atomic E-state index is 0.00878. The SMILES string of the molecule is C=C(OCC(F)F)/C(Br)=C\c1[nH]c(C(=O)/C(C#N)=C/N(C)C)cc1C. The third kappa shape index (κ3) is 6.19. The second-order valence-corrected chi connectivity index (χ2v) is 6.20. The van der Waals surface area contributed by atoms with E-state index in [4.69, 9.17) is 10.00 Å². The van der Waals surface area contributed by atoms with Crippen LogP contribution in [0.25, 0.3) is 6.08 Å². The minimum atomic E-state index is -2.60. The van der Waals surface area contributed by atoms with Crippen LogP contribution in [0.15, 0.2) is 34.7 Å². The quantitative estimate of drug-likeness (QED) is 0.230. The molecule has 0 aliphatic carbocycles. The first kappa shape index (κ1) is 20.6. The highest BCUT2D eigenvalue weighted by Gasteiger charge is 2.16. The second-order valence-electron chi connectivity index (χ2n) is 5.34. The molecule has 1 heterocycles. The van der Waals surface area contributed by atoms with Crippen molar-refractivity contribution in [2.75, 3.05) is 20.7 Å². The van der Waals surface area contributed by atoms with Gasteiger partial charge in [0.1, 0.15) is 24.0 Å². The lowest BCUT2D eigenvalue weighted by molar-refractivity contribution is 0.0527. The van der Waals surface area contributed by atoms with Crippen molar-refractivity contribution in [2.45, 2.75) is 13.3 Å². The molecule has 8 heteroatoms. The number of aromatic nitrogens is 1. The third-order valence-electron chi connectivity index (χ3n) is 2.97. The molecule has 134 valence electrons. The summed E-state index contributed by atoms with van der Waals surface area (Å²) in [6.45, 7) is 4.57. The van der Waals surface area contributed by atoms with Crippen molar-refractivity contribution in [2.24, 2.45) is 0 Å². The van der Waals surface area contributed by atoms with Crippen LogP contribution in [-0.4, -0.2) is 42.8 Å². The van der Waals surface area contributed by atoms with Crippen molar-refractivity contribution < 1.29 is 18.3 Å². The summed E-state index contributed by atoms with van der Waals surface area (Å²) in [6, 6.07) is 3.48. The number of nitrogens with zero attached hydrogens (tertiary/aromatic N) is 2. The molecule has 1 aromatic rings. The van der Waals surface area contributed by atoms with Gasteiger partial charge in [-0.25, -0.2) is 8.78 Å². The number of carbonyl (C=O) groups is 1. The van der Waals surface area contributed by atoms with Crippen LogP contribution in [0, 0.1) is 18.3 Å². The van der Waals surface area contributed by atoms with Crippen LogP contribution in [-0.2, 0) is 4.74 Å². The fourth-order valence-corrected chi connectivity index (χ4v) is 2.17. The standard InChI is InChI=1S/C17H18BrF2N3O2/c1-10-5-15(17(24)12(7-21)8-23(3)4)22-14(10)6-13(18)11(2)25-9-16(19)20/h5-6,8,16,22H,2,9H2,1,3-4H3/b12-8+,13-6+. The Balaban J connectivity index is 3.03. The first-order valence-electron chi connectivity index (χ1n) is 7.15. The number of hydrogen-bond donors (Lipinski definition) is 1. The monoisotopic (exact) mass is 413 g/mol. The topological polar surface area (TPSA) is 69.1 Å². The molecule has 5 nitrogen and oxygen atoms in total. The Hall–Kier alpha value is -2.40. The Morgan fingerprint density at radius 2 is 2.20 bits per heavy atom. The van der Waals surface area contributed by atoms with Crippen LogP contribution in [0.5, 0.6) is 0 Å². The van der Waals surface area contributed by atoms with E-state index in [0.717, 1.165) is 5.56 Å². The first-order valence-corrected chi connectivity index (χ1v) is 7.95. The summed E-state index contributed by atoms with van der Waals surface area (Å²) >= 11 is 3.20. The number of nitriles is 1. The molecule has 0 aliphatic heterocycles. The van der Waals surface area contributed by atoms with E-state index < -0.39 is 18.8 Å². The number of ketones is 1. The van der Waals surface area contributed by atoms with Crippen molar-refractivity contribution in [1.82, 2.24) is 9.88 Å². The van der Waals surface area contributed by atoms with E-state index in [2.05, 4.69) is 27.5 Å². The molecule has 0 aromatic carbocycles. The Kier molecular flexibility index (Phi) is 7.58. The Labute approximate surface area is 153 Å². The molecule has 0 amide bonds. The molecular formula is C17H18BrF2N3O2. The van der Waals surface area contributed by atoms with Crippen molar-refractivity contribution >= 4 is 27.8 Å². The second kappa shape index (κ2) is 9.18. The van der Waals surface area contributed by atoms with Crippen molar-refractivity contribution in [3.8, 4) is 6.07 Å². The highest BCUT2D eigenvalue weighted by atomic mass is 79.9. The average molecular weight is 414 g/mol. The van der Waals surface area contributed by atoms with E-state index in [9.17, 15) is 13.6 Å². The summed E-state index contributed by atoms with van der Waals surface area (Å²) in [4.78, 5) is 16.9. The number of halogens is 3. The van der Waals surface area contributed by atoms with Crippen molar-refractivity contribution in [3.63, 3.8) is 0 Å². The van der Waals surface area contributed by atoms with Crippen molar-refractivity contribution in [1.29, 1.82) is 5.26 Å². The van der Waals surface area contributed by atoms with Gasteiger partial charge in [0.25, 0.3) is 6.43 Å². The highest BCUT2D eigenvalue weighted by molar-refractivity contribution is 9.12. The number of aryl methyl sites for hydroxylation is 1. The van der Waals surface area contributed by atoms with Crippen LogP contribution in [0.4, 0.5) is 8.78 Å². The van der Waals surface area contributed by atoms with Crippen LogP contribution < -0.4 is 0 Å². The van der Waals surface area contributed by atoms with Gasteiger partial charge in [0, 0.05) is 26.0 Å². The van der Waals surface area contributed by atoms with E-state index in [-0.39, 0.29) is 17.0 Å². The van der Waals surface area contributed by atoms with Gasteiger partial charge < -0.3 is 14.6 Å². The zero-order valence-corrected chi connectivity index (χ0v) is 15.7. The molecule has 25 heavy (non-hydrogen) atoms. The van der Waals surface area contributed by atoms with Gasteiger partial charge in [-0.05, 0) is 40.6 Å². The summed E-state index contributed by atoms with van der Waals surface area (Å²) in [5.41, 5.74) is 1.55. The predicted octanol–water partition coefficient (Wildman–Crippen LogP) is 4.01. The van der Waals surface area contributed by atoms with Crippen LogP contribution in [0.3, 0.4) is 0 Å². The maximum absolute atomic E-state index is 12.4. The number of nitrogens with one attached hydrogen (secondary N) is 1. The van der Waals surface area contributed by atoms with E-state index >= 15 is 0 Å². The molecule has 1 N–H and O–H groups in total. The van der Waals surface area contributed by atoms with Gasteiger partial charge >= 0.3 is 0 Å². The molecule has 0 fully saturated rings. The Morgan fingerprint density at radius 1 is 1.56 bits per heavy atom. The third-order valence-corrected chi connectivity index (χ3v) is 3.64. The van der Waals surface area contributed by atoms with E-state index in [0.29, 0.717) is 10.2 Å². The van der Waals surface area contributed by atoms with Gasteiger partial charge in [-0.3, -0.25) is 4.79 Å². The lowest BCUT2D eigenvalue weighted by Crippen LogP contribution is -2.09. The number of allylic oxidation sites excluding steroid dienone is 2. The number of carbonyl (C=O) groups excluding carboxylic acids is 1. The minimum Gasteiger partial charge on any atom is -0.487 e. The van der Waals surface area contributed by atoms with Gasteiger partial charge in [-0.15, -0.1) is 0 Å². The predicted molar refractivity (Wildman–Crippen MR) is 95.2 cm³/mol. The highest BCUT2D eigenvalue weighted by Crippen LogP contribution is 2.23. The van der Waals surface area contributed by atoms with Gasteiger partial charge in [0.15, 0.2) is 0 Å².